The summed E-state index contributed by atoms with van der Waals surface area (Å²) in [4.78, 5) is 16.1. The molecule has 23 heavy (non-hydrogen) atoms. The number of piperidine rings is 1. The maximum absolute atomic E-state index is 11.8. The Balaban J connectivity index is 1.49. The second-order valence-electron chi connectivity index (χ2n) is 6.25. The summed E-state index contributed by atoms with van der Waals surface area (Å²) in [5.74, 6) is 1.21. The molecule has 122 valence electrons. The van der Waals surface area contributed by atoms with Gasteiger partial charge in [-0.05, 0) is 37.6 Å². The smallest absolute Gasteiger partial charge is 0.222 e. The molecule has 2 aromatic rings. The molecule has 1 amide bonds. The van der Waals surface area contributed by atoms with E-state index in [0.717, 1.165) is 56.8 Å². The topological polar surface area (TPSA) is 36.7 Å². The van der Waals surface area contributed by atoms with Crippen molar-refractivity contribution < 1.29 is 9.21 Å². The van der Waals surface area contributed by atoms with Gasteiger partial charge in [-0.25, -0.2) is 0 Å². The Morgan fingerprint density at radius 1 is 1.17 bits per heavy atom. The summed E-state index contributed by atoms with van der Waals surface area (Å²) in [6, 6.07) is 12.3. The lowest BCUT2D eigenvalue weighted by atomic mass is 10.1. The molecule has 1 aliphatic heterocycles. The van der Waals surface area contributed by atoms with E-state index in [1.807, 2.05) is 17.0 Å². The molecule has 0 unspecified atom stereocenters. The van der Waals surface area contributed by atoms with Gasteiger partial charge in [0.2, 0.25) is 5.91 Å². The summed E-state index contributed by atoms with van der Waals surface area (Å²) in [5.41, 5.74) is 2.37. The van der Waals surface area contributed by atoms with Crippen LogP contribution < -0.4 is 0 Å². The fourth-order valence-corrected chi connectivity index (χ4v) is 3.00. The maximum Gasteiger partial charge on any atom is 0.222 e. The van der Waals surface area contributed by atoms with Crippen LogP contribution in [0.25, 0.3) is 11.3 Å². The Morgan fingerprint density at radius 2 is 2.00 bits per heavy atom. The Kier molecular flexibility index (Phi) is 5.13. The number of furan rings is 1. The van der Waals surface area contributed by atoms with Gasteiger partial charge < -0.3 is 14.2 Å². The van der Waals surface area contributed by atoms with Crippen molar-refractivity contribution in [2.24, 2.45) is 0 Å². The van der Waals surface area contributed by atoms with Crippen LogP contribution in [0.2, 0.25) is 0 Å². The van der Waals surface area contributed by atoms with Crippen LogP contribution in [0.15, 0.2) is 47.1 Å². The predicted molar refractivity (Wildman–Crippen MR) is 90.9 cm³/mol. The molecule has 1 aliphatic rings. The molecule has 0 saturated carbocycles. The first-order valence-corrected chi connectivity index (χ1v) is 8.31. The highest BCUT2D eigenvalue weighted by molar-refractivity contribution is 5.76. The van der Waals surface area contributed by atoms with Gasteiger partial charge in [-0.3, -0.25) is 4.79 Å². The lowest BCUT2D eigenvalue weighted by Crippen LogP contribution is -2.40. The third-order valence-electron chi connectivity index (χ3n) is 4.39. The summed E-state index contributed by atoms with van der Waals surface area (Å²) in [7, 11) is 2.11. The molecule has 0 atom stereocenters. The largest absolute Gasteiger partial charge is 0.464 e. The van der Waals surface area contributed by atoms with Crippen LogP contribution in [0.4, 0.5) is 0 Å². The number of rotatable bonds is 6. The Bertz CT molecular complexity index is 619. The number of likely N-dealkylation sites (N-methyl/N-ethyl adjacent to an activating group) is 1. The van der Waals surface area contributed by atoms with E-state index in [4.69, 9.17) is 4.42 Å². The molecule has 4 heteroatoms. The lowest BCUT2D eigenvalue weighted by Gasteiger charge is -2.28. The molecular weight excluding hydrogens is 288 g/mol. The van der Waals surface area contributed by atoms with Gasteiger partial charge >= 0.3 is 0 Å². The Labute approximate surface area is 137 Å². The first kappa shape index (κ1) is 15.8. The molecule has 3 rings (SSSR count). The Morgan fingerprint density at radius 3 is 2.70 bits per heavy atom. The second-order valence-corrected chi connectivity index (χ2v) is 6.25. The molecule has 1 fully saturated rings. The molecule has 0 radical (unpaired) electrons. The van der Waals surface area contributed by atoms with E-state index in [2.05, 4.69) is 36.2 Å². The monoisotopic (exact) mass is 312 g/mol. The number of benzene rings is 1. The van der Waals surface area contributed by atoms with Crippen molar-refractivity contribution in [2.75, 3.05) is 26.7 Å². The number of likely N-dealkylation sites (tertiary alicyclic amines) is 1. The van der Waals surface area contributed by atoms with E-state index in [-0.39, 0.29) is 0 Å². The van der Waals surface area contributed by atoms with E-state index in [0.29, 0.717) is 5.91 Å². The van der Waals surface area contributed by atoms with Crippen molar-refractivity contribution >= 4 is 5.91 Å². The summed E-state index contributed by atoms with van der Waals surface area (Å²) >= 11 is 0. The normalized spacial score (nSPS) is 15.4. The van der Waals surface area contributed by atoms with Gasteiger partial charge in [0.05, 0.1) is 6.26 Å². The summed E-state index contributed by atoms with van der Waals surface area (Å²) in [6.45, 7) is 3.55. The van der Waals surface area contributed by atoms with Crippen LogP contribution in [0.5, 0.6) is 0 Å². The minimum atomic E-state index is 0.312. The number of hydrogen-bond acceptors (Lipinski definition) is 3. The fourth-order valence-electron chi connectivity index (χ4n) is 3.00. The van der Waals surface area contributed by atoms with Gasteiger partial charge in [-0.15, -0.1) is 0 Å². The zero-order valence-electron chi connectivity index (χ0n) is 13.7. The molecule has 0 bridgehead atoms. The first-order chi connectivity index (χ1) is 11.2. The standard InChI is InChI=1S/C19H24N2O2/c1-20(12-13-21-11-3-2-6-19(21)22)15-16-7-9-17(10-8-16)18-5-4-14-23-18/h4-5,7-10,14H,2-3,6,11-13,15H2,1H3. The van der Waals surface area contributed by atoms with Crippen molar-refractivity contribution in [3.05, 3.63) is 48.2 Å². The number of hydrogen-bond donors (Lipinski definition) is 0. The molecule has 1 aromatic heterocycles. The molecular formula is C19H24N2O2. The molecule has 0 spiro atoms. The number of carbonyl (C=O) groups is 1. The molecule has 0 aliphatic carbocycles. The molecule has 2 heterocycles. The summed E-state index contributed by atoms with van der Waals surface area (Å²) in [5, 5.41) is 0. The highest BCUT2D eigenvalue weighted by atomic mass is 16.3. The molecule has 4 nitrogen and oxygen atoms in total. The van der Waals surface area contributed by atoms with Gasteiger partial charge in [0.25, 0.3) is 0 Å². The highest BCUT2D eigenvalue weighted by Crippen LogP contribution is 2.20. The predicted octanol–water partition coefficient (Wildman–Crippen LogP) is 3.39. The minimum Gasteiger partial charge on any atom is -0.464 e. The maximum atomic E-state index is 11.8. The summed E-state index contributed by atoms with van der Waals surface area (Å²) in [6.07, 6.45) is 4.60. The van der Waals surface area contributed by atoms with Crippen molar-refractivity contribution in [3.8, 4) is 11.3 Å². The SMILES string of the molecule is CN(CCN1CCCCC1=O)Cc1ccc(-c2ccco2)cc1. The van der Waals surface area contributed by atoms with E-state index < -0.39 is 0 Å². The van der Waals surface area contributed by atoms with Crippen LogP contribution in [-0.4, -0.2) is 42.4 Å². The second kappa shape index (κ2) is 7.47. The number of amides is 1. The van der Waals surface area contributed by atoms with Gasteiger partial charge in [-0.1, -0.05) is 24.3 Å². The third-order valence-corrected chi connectivity index (χ3v) is 4.39. The van der Waals surface area contributed by atoms with Gasteiger partial charge in [0.15, 0.2) is 0 Å². The molecule has 1 saturated heterocycles. The zero-order chi connectivity index (χ0) is 16.1. The Hall–Kier alpha value is -2.07. The average Bonchev–Trinajstić information content (AvgIpc) is 3.09. The van der Waals surface area contributed by atoms with Gasteiger partial charge in [0.1, 0.15) is 5.76 Å². The minimum absolute atomic E-state index is 0.312. The summed E-state index contributed by atoms with van der Waals surface area (Å²) < 4.78 is 5.41. The average molecular weight is 312 g/mol. The molecule has 1 aromatic carbocycles. The number of nitrogens with zero attached hydrogens (tertiary/aromatic N) is 2. The van der Waals surface area contributed by atoms with Crippen molar-refractivity contribution in [1.82, 2.24) is 9.80 Å². The van der Waals surface area contributed by atoms with Crippen molar-refractivity contribution in [3.63, 3.8) is 0 Å². The third kappa shape index (κ3) is 4.23. The van der Waals surface area contributed by atoms with E-state index >= 15 is 0 Å². The highest BCUT2D eigenvalue weighted by Gasteiger charge is 2.17. The van der Waals surface area contributed by atoms with Crippen LogP contribution in [0.1, 0.15) is 24.8 Å². The van der Waals surface area contributed by atoms with Crippen LogP contribution >= 0.6 is 0 Å². The fraction of sp³-hybridized carbons (Fsp3) is 0.421. The van der Waals surface area contributed by atoms with Crippen LogP contribution in [0, 0.1) is 0 Å². The zero-order valence-corrected chi connectivity index (χ0v) is 13.7. The quantitative estimate of drug-likeness (QED) is 0.820. The van der Waals surface area contributed by atoms with Crippen LogP contribution in [0.3, 0.4) is 0 Å². The molecule has 0 N–H and O–H groups in total. The van der Waals surface area contributed by atoms with Crippen LogP contribution in [-0.2, 0) is 11.3 Å². The van der Waals surface area contributed by atoms with Crippen molar-refractivity contribution in [1.29, 1.82) is 0 Å². The first-order valence-electron chi connectivity index (χ1n) is 8.31. The van der Waals surface area contributed by atoms with Gasteiger partial charge in [-0.2, -0.15) is 0 Å². The van der Waals surface area contributed by atoms with E-state index in [9.17, 15) is 4.79 Å². The van der Waals surface area contributed by atoms with Gasteiger partial charge in [0, 0.05) is 38.2 Å². The van der Waals surface area contributed by atoms with E-state index in [1.54, 1.807) is 6.26 Å². The number of carbonyl (C=O) groups excluding carboxylic acids is 1. The van der Waals surface area contributed by atoms with E-state index in [1.165, 1.54) is 5.56 Å². The lowest BCUT2D eigenvalue weighted by molar-refractivity contribution is -0.133. The van der Waals surface area contributed by atoms with Crippen molar-refractivity contribution in [2.45, 2.75) is 25.8 Å².